The number of hydrogen-bond acceptors (Lipinski definition) is 4. The third kappa shape index (κ3) is 3.55. The predicted octanol–water partition coefficient (Wildman–Crippen LogP) is 0.187. The third-order valence-electron chi connectivity index (χ3n) is 2.84. The summed E-state index contributed by atoms with van der Waals surface area (Å²) in [6, 6.07) is 1.57. The maximum Gasteiger partial charge on any atom is 0.242 e. The van der Waals surface area contributed by atoms with E-state index in [1.165, 1.54) is 0 Å². The molecule has 0 bridgehead atoms. The molecule has 1 heterocycles. The van der Waals surface area contributed by atoms with Crippen LogP contribution in [0.15, 0.2) is 17.2 Å². The van der Waals surface area contributed by atoms with Gasteiger partial charge in [0.15, 0.2) is 0 Å². The van der Waals surface area contributed by atoms with Gasteiger partial charge in [-0.05, 0) is 19.9 Å². The topological polar surface area (TPSA) is 86.3 Å². The first-order valence-electron chi connectivity index (χ1n) is 5.62. The number of rotatable bonds is 6. The van der Waals surface area contributed by atoms with E-state index in [0.717, 1.165) is 5.69 Å². The highest BCUT2D eigenvalue weighted by atomic mass is 32.2. The first-order chi connectivity index (χ1) is 8.22. The molecule has 0 aliphatic carbocycles. The molecule has 0 unspecified atom stereocenters. The fourth-order valence-electron chi connectivity index (χ4n) is 1.35. The van der Waals surface area contributed by atoms with E-state index >= 15 is 0 Å². The number of hydrogen-bond donors (Lipinski definition) is 2. The van der Waals surface area contributed by atoms with Gasteiger partial charge in [0, 0.05) is 39.1 Å². The molecule has 0 atom stereocenters. The molecule has 0 aliphatic rings. The molecule has 1 rings (SSSR count). The van der Waals surface area contributed by atoms with Crippen molar-refractivity contribution in [2.24, 2.45) is 12.8 Å². The molecule has 1 aromatic rings. The van der Waals surface area contributed by atoms with Crippen LogP contribution in [0.4, 0.5) is 0 Å². The highest BCUT2D eigenvalue weighted by Gasteiger charge is 2.22. The van der Waals surface area contributed by atoms with Crippen molar-refractivity contribution < 1.29 is 13.2 Å². The van der Waals surface area contributed by atoms with Gasteiger partial charge in [0.2, 0.25) is 10.0 Å². The molecule has 1 aromatic heterocycles. The van der Waals surface area contributed by atoms with E-state index in [0.29, 0.717) is 6.54 Å². The van der Waals surface area contributed by atoms with Gasteiger partial charge in [0.05, 0.1) is 10.5 Å². The zero-order chi connectivity index (χ0) is 14.0. The molecule has 104 valence electrons. The van der Waals surface area contributed by atoms with Gasteiger partial charge in [0.25, 0.3) is 0 Å². The Kier molecular flexibility index (Phi) is 4.55. The summed E-state index contributed by atoms with van der Waals surface area (Å²) in [6.45, 7) is 4.13. The monoisotopic (exact) mass is 275 g/mol. The number of nitrogens with zero attached hydrogens (tertiary/aromatic N) is 1. The van der Waals surface area contributed by atoms with Crippen LogP contribution in [0.5, 0.6) is 0 Å². The summed E-state index contributed by atoms with van der Waals surface area (Å²) in [6.07, 6.45) is 1.55. The largest absolute Gasteiger partial charge is 0.377 e. The van der Waals surface area contributed by atoms with E-state index in [1.807, 2.05) is 13.8 Å². The van der Waals surface area contributed by atoms with Crippen LogP contribution in [0.1, 0.15) is 19.5 Å². The lowest BCUT2D eigenvalue weighted by molar-refractivity contribution is 0.0276. The Hall–Kier alpha value is -0.890. The van der Waals surface area contributed by atoms with Crippen molar-refractivity contribution in [2.45, 2.75) is 30.9 Å². The van der Waals surface area contributed by atoms with Crippen molar-refractivity contribution >= 4 is 10.0 Å². The van der Waals surface area contributed by atoms with E-state index in [2.05, 4.69) is 4.72 Å². The van der Waals surface area contributed by atoms with Gasteiger partial charge in [-0.2, -0.15) is 0 Å². The number of ether oxygens (including phenoxy) is 1. The molecule has 0 aromatic carbocycles. The summed E-state index contributed by atoms with van der Waals surface area (Å²) in [7, 11) is -0.213. The Morgan fingerprint density at radius 3 is 2.56 bits per heavy atom. The van der Waals surface area contributed by atoms with Crippen molar-refractivity contribution in [1.82, 2.24) is 9.29 Å². The van der Waals surface area contributed by atoms with Crippen LogP contribution in [0.3, 0.4) is 0 Å². The number of aromatic nitrogens is 1. The van der Waals surface area contributed by atoms with E-state index in [4.69, 9.17) is 10.5 Å². The Labute approximate surface area is 108 Å². The molecular formula is C11H21N3O3S. The van der Waals surface area contributed by atoms with Crippen LogP contribution >= 0.6 is 0 Å². The maximum absolute atomic E-state index is 12.1. The van der Waals surface area contributed by atoms with Crippen LogP contribution < -0.4 is 10.5 Å². The average Bonchev–Trinajstić information content (AvgIpc) is 2.69. The Morgan fingerprint density at radius 2 is 2.11 bits per heavy atom. The molecule has 0 radical (unpaired) electrons. The molecule has 7 heteroatoms. The number of nitrogens with two attached hydrogens (primary N) is 1. The second kappa shape index (κ2) is 5.40. The van der Waals surface area contributed by atoms with E-state index in [1.54, 1.807) is 31.0 Å². The first kappa shape index (κ1) is 15.2. The molecule has 0 saturated heterocycles. The molecule has 0 spiro atoms. The van der Waals surface area contributed by atoms with Crippen LogP contribution in [0.25, 0.3) is 0 Å². The predicted molar refractivity (Wildman–Crippen MR) is 69.6 cm³/mol. The summed E-state index contributed by atoms with van der Waals surface area (Å²) >= 11 is 0. The van der Waals surface area contributed by atoms with Gasteiger partial charge in [-0.1, -0.05) is 0 Å². The Balaban J connectivity index is 2.86. The van der Waals surface area contributed by atoms with Gasteiger partial charge in [0.1, 0.15) is 0 Å². The molecule has 0 amide bonds. The number of methoxy groups -OCH3 is 1. The van der Waals surface area contributed by atoms with Crippen LogP contribution in [-0.2, 0) is 28.4 Å². The van der Waals surface area contributed by atoms with Crippen LogP contribution in [0.2, 0.25) is 0 Å². The summed E-state index contributed by atoms with van der Waals surface area (Å²) in [5.74, 6) is 0. The Morgan fingerprint density at radius 1 is 1.50 bits per heavy atom. The van der Waals surface area contributed by atoms with Crippen molar-refractivity contribution in [2.75, 3.05) is 13.7 Å². The number of aryl methyl sites for hydroxylation is 1. The first-order valence-corrected chi connectivity index (χ1v) is 7.10. The molecule has 3 N–H and O–H groups in total. The summed E-state index contributed by atoms with van der Waals surface area (Å²) < 4.78 is 33.5. The molecule has 6 nitrogen and oxygen atoms in total. The Bertz CT molecular complexity index is 506. The zero-order valence-electron chi connectivity index (χ0n) is 11.2. The maximum atomic E-state index is 12.1. The second-order valence-corrected chi connectivity index (χ2v) is 6.54. The molecule has 0 aliphatic heterocycles. The summed E-state index contributed by atoms with van der Waals surface area (Å²) in [5, 5.41) is 0. The van der Waals surface area contributed by atoms with Crippen molar-refractivity contribution in [3.8, 4) is 0 Å². The normalized spacial score (nSPS) is 12.9. The summed E-state index contributed by atoms with van der Waals surface area (Å²) in [5.41, 5.74) is 5.74. The quantitative estimate of drug-likeness (QED) is 0.776. The van der Waals surface area contributed by atoms with Crippen molar-refractivity contribution in [1.29, 1.82) is 0 Å². The second-order valence-electron chi connectivity index (χ2n) is 4.77. The highest BCUT2D eigenvalue weighted by Crippen LogP contribution is 2.14. The van der Waals surface area contributed by atoms with E-state index in [9.17, 15) is 8.42 Å². The third-order valence-corrected chi connectivity index (χ3v) is 4.21. The van der Waals surface area contributed by atoms with Gasteiger partial charge in [-0.15, -0.1) is 0 Å². The fourth-order valence-corrected chi connectivity index (χ4v) is 2.64. The molecular weight excluding hydrogens is 254 g/mol. The van der Waals surface area contributed by atoms with Gasteiger partial charge >= 0.3 is 0 Å². The minimum absolute atomic E-state index is 0.207. The fraction of sp³-hybridized carbons (Fsp3) is 0.636. The smallest absolute Gasteiger partial charge is 0.242 e. The lowest BCUT2D eigenvalue weighted by Gasteiger charge is -2.22. The van der Waals surface area contributed by atoms with Crippen LogP contribution in [-0.4, -0.2) is 32.2 Å². The highest BCUT2D eigenvalue weighted by molar-refractivity contribution is 7.89. The number of nitrogens with one attached hydrogen (secondary N) is 1. The van der Waals surface area contributed by atoms with Crippen LogP contribution in [0, 0.1) is 0 Å². The standard InChI is InChI=1S/C11H21N3O3S/c1-11(2,17-4)8-13-18(15,16)10-5-9(6-12)14(3)7-10/h5,7,13H,6,8,12H2,1-4H3. The lowest BCUT2D eigenvalue weighted by atomic mass is 10.1. The van der Waals surface area contributed by atoms with E-state index < -0.39 is 15.6 Å². The summed E-state index contributed by atoms with van der Waals surface area (Å²) in [4.78, 5) is 0.220. The van der Waals surface area contributed by atoms with Gasteiger partial charge in [-0.25, -0.2) is 13.1 Å². The lowest BCUT2D eigenvalue weighted by Crippen LogP contribution is -2.39. The van der Waals surface area contributed by atoms with Crippen molar-refractivity contribution in [3.63, 3.8) is 0 Å². The van der Waals surface area contributed by atoms with E-state index in [-0.39, 0.29) is 11.4 Å². The molecule has 0 saturated carbocycles. The van der Waals surface area contributed by atoms with Gasteiger partial charge < -0.3 is 15.0 Å². The average molecular weight is 275 g/mol. The minimum Gasteiger partial charge on any atom is -0.377 e. The number of sulfonamides is 1. The van der Waals surface area contributed by atoms with Gasteiger partial charge in [-0.3, -0.25) is 0 Å². The zero-order valence-corrected chi connectivity index (χ0v) is 12.0. The molecule has 0 fully saturated rings. The molecule has 18 heavy (non-hydrogen) atoms. The SMILES string of the molecule is COC(C)(C)CNS(=O)(=O)c1cc(CN)n(C)c1. The minimum atomic E-state index is -3.52. The van der Waals surface area contributed by atoms with Crippen molar-refractivity contribution in [3.05, 3.63) is 18.0 Å².